The molecule has 0 spiro atoms. The summed E-state index contributed by atoms with van der Waals surface area (Å²) < 4.78 is 31.7. The van der Waals surface area contributed by atoms with Crippen molar-refractivity contribution >= 4 is 17.6 Å². The van der Waals surface area contributed by atoms with Crippen LogP contribution in [0.15, 0.2) is 48.5 Å². The molecule has 0 bridgehead atoms. The zero-order valence-corrected chi connectivity index (χ0v) is 15.6. The Hall–Kier alpha value is -2.87. The van der Waals surface area contributed by atoms with Crippen LogP contribution < -0.4 is 11.1 Å². The quantitative estimate of drug-likeness (QED) is 0.716. The molecule has 5 nitrogen and oxygen atoms in total. The minimum absolute atomic E-state index is 0.129. The zero-order valence-electron chi connectivity index (χ0n) is 15.6. The number of anilines is 1. The number of aliphatic carboxylic acids is 1. The van der Waals surface area contributed by atoms with Crippen LogP contribution in [-0.4, -0.2) is 29.2 Å². The molecule has 28 heavy (non-hydrogen) atoms. The highest BCUT2D eigenvalue weighted by Gasteiger charge is 2.38. The Labute approximate surface area is 161 Å². The summed E-state index contributed by atoms with van der Waals surface area (Å²) in [5.41, 5.74) is 10.2. The molecule has 0 heterocycles. The van der Waals surface area contributed by atoms with Crippen LogP contribution >= 0.6 is 0 Å². The maximum atomic E-state index is 12.1. The highest BCUT2D eigenvalue weighted by atomic mass is 19.4. The maximum absolute atomic E-state index is 12.1. The van der Waals surface area contributed by atoms with Crippen molar-refractivity contribution in [3.8, 4) is 0 Å². The van der Waals surface area contributed by atoms with Crippen LogP contribution in [0.25, 0.3) is 0 Å². The molecule has 0 unspecified atom stereocenters. The number of halogens is 3. The van der Waals surface area contributed by atoms with Crippen molar-refractivity contribution in [1.82, 2.24) is 0 Å². The molecule has 0 saturated carbocycles. The van der Waals surface area contributed by atoms with Gasteiger partial charge in [0.15, 0.2) is 0 Å². The maximum Gasteiger partial charge on any atom is 0.490 e. The van der Waals surface area contributed by atoms with E-state index in [1.807, 2.05) is 44.2 Å². The number of benzene rings is 2. The smallest absolute Gasteiger partial charge is 0.475 e. The Kier molecular flexibility index (Phi) is 8.66. The number of nitrogens with two attached hydrogens (primary N) is 1. The molecule has 0 radical (unpaired) electrons. The minimum Gasteiger partial charge on any atom is -0.475 e. The van der Waals surface area contributed by atoms with E-state index < -0.39 is 18.2 Å². The Morgan fingerprint density at radius 2 is 1.57 bits per heavy atom. The van der Waals surface area contributed by atoms with Gasteiger partial charge in [-0.15, -0.1) is 0 Å². The second-order valence-electron chi connectivity index (χ2n) is 6.30. The molecule has 2 rings (SSSR count). The molecule has 0 aliphatic rings. The summed E-state index contributed by atoms with van der Waals surface area (Å²) in [7, 11) is 0. The SMILES string of the molecule is Cc1cc(C)cc(NC(=O)[C@H](N)CCc2ccccc2)c1.O=C(O)C(F)(F)F. The van der Waals surface area contributed by atoms with Crippen LogP contribution in [0.1, 0.15) is 23.1 Å². The normalized spacial score (nSPS) is 11.8. The fourth-order valence-electron chi connectivity index (χ4n) is 2.38. The molecular weight excluding hydrogens is 373 g/mol. The first-order valence-electron chi connectivity index (χ1n) is 8.48. The van der Waals surface area contributed by atoms with E-state index in [4.69, 9.17) is 15.6 Å². The number of rotatable bonds is 5. The standard InChI is InChI=1S/C18H22N2O.C2HF3O2/c1-13-10-14(2)12-16(11-13)20-18(21)17(19)9-8-15-6-4-3-5-7-15;3-2(4,5)1(6)7/h3-7,10-12,17H,8-9,19H2,1-2H3,(H,20,21);(H,6,7)/t17-;/m1./s1. The summed E-state index contributed by atoms with van der Waals surface area (Å²) in [5, 5.41) is 10.0. The van der Waals surface area contributed by atoms with Gasteiger partial charge in [-0.2, -0.15) is 13.2 Å². The Bertz CT molecular complexity index is 773. The van der Waals surface area contributed by atoms with Gasteiger partial charge in [0.2, 0.25) is 5.91 Å². The lowest BCUT2D eigenvalue weighted by atomic mass is 10.1. The minimum atomic E-state index is -5.08. The number of hydrogen-bond donors (Lipinski definition) is 3. The van der Waals surface area contributed by atoms with Gasteiger partial charge in [-0.05, 0) is 55.5 Å². The summed E-state index contributed by atoms with van der Waals surface area (Å²) >= 11 is 0. The lowest BCUT2D eigenvalue weighted by Crippen LogP contribution is -2.36. The number of nitrogens with one attached hydrogen (secondary N) is 1. The van der Waals surface area contributed by atoms with E-state index in [1.165, 1.54) is 5.56 Å². The van der Waals surface area contributed by atoms with E-state index in [-0.39, 0.29) is 5.91 Å². The number of amides is 1. The fourth-order valence-corrected chi connectivity index (χ4v) is 2.38. The third kappa shape index (κ3) is 8.68. The van der Waals surface area contributed by atoms with E-state index in [0.717, 1.165) is 23.2 Å². The number of carboxylic acids is 1. The van der Waals surface area contributed by atoms with Crippen molar-refractivity contribution in [1.29, 1.82) is 0 Å². The van der Waals surface area contributed by atoms with Crippen LogP contribution in [0.2, 0.25) is 0 Å². The number of hydrogen-bond acceptors (Lipinski definition) is 3. The van der Waals surface area contributed by atoms with Crippen LogP contribution in [0.3, 0.4) is 0 Å². The van der Waals surface area contributed by atoms with Gasteiger partial charge >= 0.3 is 12.1 Å². The highest BCUT2D eigenvalue weighted by Crippen LogP contribution is 2.15. The Morgan fingerprint density at radius 3 is 2.04 bits per heavy atom. The lowest BCUT2D eigenvalue weighted by Gasteiger charge is -2.13. The second kappa shape index (κ2) is 10.5. The molecule has 2 aromatic carbocycles. The number of carboxylic acid groups (broad SMARTS) is 1. The lowest BCUT2D eigenvalue weighted by molar-refractivity contribution is -0.192. The Balaban J connectivity index is 0.000000480. The van der Waals surface area contributed by atoms with E-state index >= 15 is 0 Å². The van der Waals surface area contributed by atoms with Crippen molar-refractivity contribution in [2.24, 2.45) is 5.73 Å². The molecule has 4 N–H and O–H groups in total. The van der Waals surface area contributed by atoms with Gasteiger partial charge in [-0.3, -0.25) is 4.79 Å². The first-order chi connectivity index (χ1) is 13.0. The third-order valence-electron chi connectivity index (χ3n) is 3.66. The van der Waals surface area contributed by atoms with Gasteiger partial charge in [0.05, 0.1) is 6.04 Å². The van der Waals surface area contributed by atoms with Crippen molar-refractivity contribution in [2.75, 3.05) is 5.32 Å². The number of carbonyl (C=O) groups is 2. The van der Waals surface area contributed by atoms with E-state index in [9.17, 15) is 18.0 Å². The average molecular weight is 396 g/mol. The summed E-state index contributed by atoms with van der Waals surface area (Å²) in [5.74, 6) is -2.89. The molecule has 2 aromatic rings. The molecular formula is C20H23F3N2O3. The number of alkyl halides is 3. The van der Waals surface area contributed by atoms with Gasteiger partial charge in [0.25, 0.3) is 0 Å². The third-order valence-corrected chi connectivity index (χ3v) is 3.66. The average Bonchev–Trinajstić information content (AvgIpc) is 2.59. The fraction of sp³-hybridized carbons (Fsp3) is 0.300. The first kappa shape index (κ1) is 23.2. The predicted octanol–water partition coefficient (Wildman–Crippen LogP) is 3.84. The van der Waals surface area contributed by atoms with Gasteiger partial charge < -0.3 is 16.2 Å². The predicted molar refractivity (Wildman–Crippen MR) is 101 cm³/mol. The van der Waals surface area contributed by atoms with Crippen molar-refractivity contribution in [3.05, 3.63) is 65.2 Å². The molecule has 0 fully saturated rings. The molecule has 0 aliphatic carbocycles. The topological polar surface area (TPSA) is 92.4 Å². The number of carbonyl (C=O) groups excluding carboxylic acids is 1. The first-order valence-corrected chi connectivity index (χ1v) is 8.48. The van der Waals surface area contributed by atoms with Crippen molar-refractivity contribution in [3.63, 3.8) is 0 Å². The van der Waals surface area contributed by atoms with Crippen molar-refractivity contribution < 1.29 is 27.9 Å². The summed E-state index contributed by atoms with van der Waals surface area (Å²) in [6, 6.07) is 15.6. The molecule has 152 valence electrons. The monoisotopic (exact) mass is 396 g/mol. The van der Waals surface area contributed by atoms with E-state index in [0.29, 0.717) is 6.42 Å². The van der Waals surface area contributed by atoms with E-state index in [2.05, 4.69) is 23.5 Å². The van der Waals surface area contributed by atoms with Crippen LogP contribution in [0.4, 0.5) is 18.9 Å². The molecule has 1 amide bonds. The van der Waals surface area contributed by atoms with Gasteiger partial charge in [0, 0.05) is 5.69 Å². The van der Waals surface area contributed by atoms with Gasteiger partial charge in [-0.25, -0.2) is 4.79 Å². The summed E-state index contributed by atoms with van der Waals surface area (Å²) in [6.07, 6.45) is -3.64. The summed E-state index contributed by atoms with van der Waals surface area (Å²) in [6.45, 7) is 4.02. The Morgan fingerprint density at radius 1 is 1.07 bits per heavy atom. The molecule has 0 saturated heterocycles. The highest BCUT2D eigenvalue weighted by molar-refractivity contribution is 5.94. The number of aryl methyl sites for hydroxylation is 3. The van der Waals surface area contributed by atoms with Gasteiger partial charge in [-0.1, -0.05) is 36.4 Å². The molecule has 0 aromatic heterocycles. The molecule has 1 atom stereocenters. The summed E-state index contributed by atoms with van der Waals surface area (Å²) in [4.78, 5) is 21.0. The van der Waals surface area contributed by atoms with Crippen molar-refractivity contribution in [2.45, 2.75) is 38.9 Å². The molecule has 0 aliphatic heterocycles. The van der Waals surface area contributed by atoms with E-state index in [1.54, 1.807) is 0 Å². The van der Waals surface area contributed by atoms with Crippen LogP contribution in [0, 0.1) is 13.8 Å². The largest absolute Gasteiger partial charge is 0.490 e. The molecule has 8 heteroatoms. The van der Waals surface area contributed by atoms with Crippen LogP contribution in [0.5, 0.6) is 0 Å². The van der Waals surface area contributed by atoms with Crippen LogP contribution in [-0.2, 0) is 16.0 Å². The van der Waals surface area contributed by atoms with Gasteiger partial charge in [0.1, 0.15) is 0 Å². The zero-order chi connectivity index (χ0) is 21.3. The second-order valence-corrected chi connectivity index (χ2v) is 6.30.